The summed E-state index contributed by atoms with van der Waals surface area (Å²) in [5, 5.41) is 3.36. The van der Waals surface area contributed by atoms with E-state index in [0.29, 0.717) is 0 Å². The molecule has 15 heavy (non-hydrogen) atoms. The van der Waals surface area contributed by atoms with E-state index in [1.807, 2.05) is 18.5 Å². The SMILES string of the molecule is c1cc(N2CCNCC2)c2[nH]ccc2n1. The summed E-state index contributed by atoms with van der Waals surface area (Å²) in [6.45, 7) is 4.26. The molecule has 0 radical (unpaired) electrons. The summed E-state index contributed by atoms with van der Waals surface area (Å²) in [6.07, 6.45) is 3.83. The van der Waals surface area contributed by atoms with Gasteiger partial charge in [0.25, 0.3) is 0 Å². The van der Waals surface area contributed by atoms with E-state index in [-0.39, 0.29) is 0 Å². The summed E-state index contributed by atoms with van der Waals surface area (Å²) in [6, 6.07) is 4.10. The summed E-state index contributed by atoms with van der Waals surface area (Å²) in [7, 11) is 0. The smallest absolute Gasteiger partial charge is 0.0900 e. The summed E-state index contributed by atoms with van der Waals surface area (Å²) in [5.41, 5.74) is 3.47. The van der Waals surface area contributed by atoms with Crippen LogP contribution in [0.25, 0.3) is 11.0 Å². The first-order valence-electron chi connectivity index (χ1n) is 5.33. The van der Waals surface area contributed by atoms with Gasteiger partial charge in [-0.25, -0.2) is 0 Å². The Labute approximate surface area is 88.3 Å². The molecule has 2 N–H and O–H groups in total. The minimum absolute atomic E-state index is 1.05. The van der Waals surface area contributed by atoms with Crippen molar-refractivity contribution in [2.45, 2.75) is 0 Å². The number of hydrogen-bond donors (Lipinski definition) is 2. The Hall–Kier alpha value is -1.55. The Bertz CT molecular complexity index is 456. The first-order valence-corrected chi connectivity index (χ1v) is 5.33. The molecule has 1 fully saturated rings. The van der Waals surface area contributed by atoms with Crippen LogP contribution in [0.1, 0.15) is 0 Å². The van der Waals surface area contributed by atoms with Gasteiger partial charge in [-0.05, 0) is 12.1 Å². The molecule has 0 bridgehead atoms. The third-order valence-electron chi connectivity index (χ3n) is 2.88. The standard InChI is InChI=1S/C11H14N4/c1-3-14-11-9(1)13-4-2-10(11)15-7-5-12-6-8-15/h1-4,12,14H,5-8H2. The van der Waals surface area contributed by atoms with Gasteiger partial charge in [-0.15, -0.1) is 0 Å². The Balaban J connectivity index is 2.05. The van der Waals surface area contributed by atoms with Crippen LogP contribution in [-0.4, -0.2) is 36.1 Å². The Morgan fingerprint density at radius 3 is 2.93 bits per heavy atom. The Morgan fingerprint density at radius 1 is 1.20 bits per heavy atom. The summed E-state index contributed by atoms with van der Waals surface area (Å²) >= 11 is 0. The molecular weight excluding hydrogens is 188 g/mol. The Morgan fingerprint density at radius 2 is 2.07 bits per heavy atom. The molecule has 1 saturated heterocycles. The van der Waals surface area contributed by atoms with Crippen LogP contribution in [0.2, 0.25) is 0 Å². The van der Waals surface area contributed by atoms with Crippen molar-refractivity contribution in [3.63, 3.8) is 0 Å². The highest BCUT2D eigenvalue weighted by molar-refractivity contribution is 5.88. The van der Waals surface area contributed by atoms with Gasteiger partial charge in [0.05, 0.1) is 16.7 Å². The third-order valence-corrected chi connectivity index (χ3v) is 2.88. The van der Waals surface area contributed by atoms with E-state index in [4.69, 9.17) is 0 Å². The van der Waals surface area contributed by atoms with Crippen molar-refractivity contribution in [2.24, 2.45) is 0 Å². The average molecular weight is 202 g/mol. The topological polar surface area (TPSA) is 44.0 Å². The van der Waals surface area contributed by atoms with Gasteiger partial charge in [-0.1, -0.05) is 0 Å². The molecule has 0 atom stereocenters. The number of piperazine rings is 1. The molecule has 4 heteroatoms. The van der Waals surface area contributed by atoms with E-state index in [0.717, 1.165) is 37.2 Å². The predicted octanol–water partition coefficient (Wildman–Crippen LogP) is 0.972. The van der Waals surface area contributed by atoms with E-state index < -0.39 is 0 Å². The molecule has 0 amide bonds. The van der Waals surface area contributed by atoms with E-state index >= 15 is 0 Å². The summed E-state index contributed by atoms with van der Waals surface area (Å²) < 4.78 is 0. The van der Waals surface area contributed by atoms with E-state index in [9.17, 15) is 0 Å². The van der Waals surface area contributed by atoms with Crippen molar-refractivity contribution in [3.05, 3.63) is 24.5 Å². The maximum absolute atomic E-state index is 4.32. The number of nitrogens with zero attached hydrogens (tertiary/aromatic N) is 2. The number of fused-ring (bicyclic) bond motifs is 1. The lowest BCUT2D eigenvalue weighted by Gasteiger charge is -2.29. The lowest BCUT2D eigenvalue weighted by atomic mass is 10.2. The van der Waals surface area contributed by atoms with E-state index in [2.05, 4.69) is 26.3 Å². The van der Waals surface area contributed by atoms with Crippen LogP contribution in [0.5, 0.6) is 0 Å². The Kier molecular flexibility index (Phi) is 2.07. The van der Waals surface area contributed by atoms with Gasteiger partial charge in [0.2, 0.25) is 0 Å². The fourth-order valence-corrected chi connectivity index (χ4v) is 2.11. The molecule has 3 rings (SSSR count). The highest BCUT2D eigenvalue weighted by Gasteiger charge is 2.13. The largest absolute Gasteiger partial charge is 0.367 e. The van der Waals surface area contributed by atoms with Crippen molar-refractivity contribution in [1.29, 1.82) is 0 Å². The zero-order valence-corrected chi connectivity index (χ0v) is 8.53. The molecule has 78 valence electrons. The monoisotopic (exact) mass is 202 g/mol. The molecule has 0 saturated carbocycles. The van der Waals surface area contributed by atoms with Gasteiger partial charge in [-0.2, -0.15) is 0 Å². The molecule has 0 unspecified atom stereocenters. The van der Waals surface area contributed by atoms with Crippen LogP contribution in [0.15, 0.2) is 24.5 Å². The second kappa shape index (κ2) is 3.55. The molecule has 3 heterocycles. The van der Waals surface area contributed by atoms with Crippen LogP contribution in [-0.2, 0) is 0 Å². The number of H-pyrrole nitrogens is 1. The molecule has 0 aliphatic carbocycles. The molecule has 0 aromatic carbocycles. The van der Waals surface area contributed by atoms with Crippen LogP contribution >= 0.6 is 0 Å². The number of hydrogen-bond acceptors (Lipinski definition) is 3. The fourth-order valence-electron chi connectivity index (χ4n) is 2.11. The minimum atomic E-state index is 1.05. The zero-order valence-electron chi connectivity index (χ0n) is 8.53. The zero-order chi connectivity index (χ0) is 10.1. The number of aromatic nitrogens is 2. The van der Waals surface area contributed by atoms with Crippen molar-refractivity contribution in [2.75, 3.05) is 31.1 Å². The van der Waals surface area contributed by atoms with Crippen molar-refractivity contribution < 1.29 is 0 Å². The summed E-state index contributed by atoms with van der Waals surface area (Å²) in [4.78, 5) is 9.98. The minimum Gasteiger partial charge on any atom is -0.367 e. The maximum atomic E-state index is 4.32. The summed E-state index contributed by atoms with van der Waals surface area (Å²) in [5.74, 6) is 0. The first-order chi connectivity index (χ1) is 7.45. The van der Waals surface area contributed by atoms with E-state index in [1.165, 1.54) is 5.69 Å². The molecule has 2 aromatic heterocycles. The predicted molar refractivity (Wildman–Crippen MR) is 61.2 cm³/mol. The molecule has 0 spiro atoms. The second-order valence-corrected chi connectivity index (χ2v) is 3.81. The van der Waals surface area contributed by atoms with Gasteiger partial charge in [0.15, 0.2) is 0 Å². The van der Waals surface area contributed by atoms with Crippen LogP contribution in [0, 0.1) is 0 Å². The molecule has 4 nitrogen and oxygen atoms in total. The first kappa shape index (κ1) is 8.73. The van der Waals surface area contributed by atoms with Crippen LogP contribution in [0.4, 0.5) is 5.69 Å². The number of rotatable bonds is 1. The maximum Gasteiger partial charge on any atom is 0.0900 e. The number of anilines is 1. The molecule has 1 aliphatic heterocycles. The quantitative estimate of drug-likeness (QED) is 0.724. The van der Waals surface area contributed by atoms with Crippen LogP contribution < -0.4 is 10.2 Å². The lowest BCUT2D eigenvalue weighted by molar-refractivity contribution is 0.590. The van der Waals surface area contributed by atoms with Crippen molar-refractivity contribution >= 4 is 16.7 Å². The van der Waals surface area contributed by atoms with Gasteiger partial charge < -0.3 is 15.2 Å². The van der Waals surface area contributed by atoms with Gasteiger partial charge in [0, 0.05) is 38.6 Å². The van der Waals surface area contributed by atoms with Gasteiger partial charge in [0.1, 0.15) is 0 Å². The second-order valence-electron chi connectivity index (χ2n) is 3.81. The normalized spacial score (nSPS) is 17.2. The number of pyridine rings is 1. The number of aromatic amines is 1. The van der Waals surface area contributed by atoms with E-state index in [1.54, 1.807) is 0 Å². The third kappa shape index (κ3) is 1.47. The number of nitrogens with one attached hydrogen (secondary N) is 2. The highest BCUT2D eigenvalue weighted by atomic mass is 15.2. The van der Waals surface area contributed by atoms with Crippen molar-refractivity contribution in [1.82, 2.24) is 15.3 Å². The molecule has 2 aromatic rings. The van der Waals surface area contributed by atoms with Crippen LogP contribution in [0.3, 0.4) is 0 Å². The molecular formula is C11H14N4. The fraction of sp³-hybridized carbons (Fsp3) is 0.364. The lowest BCUT2D eigenvalue weighted by Crippen LogP contribution is -2.43. The molecule has 1 aliphatic rings. The highest BCUT2D eigenvalue weighted by Crippen LogP contribution is 2.23. The average Bonchev–Trinajstić information content (AvgIpc) is 2.78. The van der Waals surface area contributed by atoms with Gasteiger partial charge in [-0.3, -0.25) is 4.98 Å². The van der Waals surface area contributed by atoms with Crippen molar-refractivity contribution in [3.8, 4) is 0 Å². The van der Waals surface area contributed by atoms with Gasteiger partial charge >= 0.3 is 0 Å².